The van der Waals surface area contributed by atoms with Crippen LogP contribution in [0.2, 0.25) is 0 Å². The second-order valence-electron chi connectivity index (χ2n) is 7.59. The van der Waals surface area contributed by atoms with E-state index in [0.29, 0.717) is 26.1 Å². The highest BCUT2D eigenvalue weighted by molar-refractivity contribution is 8.00. The van der Waals surface area contributed by atoms with Gasteiger partial charge in [0.1, 0.15) is 0 Å². The average molecular weight is 450 g/mol. The van der Waals surface area contributed by atoms with E-state index >= 15 is 0 Å². The van der Waals surface area contributed by atoms with E-state index in [2.05, 4.69) is 5.32 Å². The van der Waals surface area contributed by atoms with Gasteiger partial charge in [-0.3, -0.25) is 19.2 Å². The number of esters is 1. The van der Waals surface area contributed by atoms with Crippen molar-refractivity contribution in [3.8, 4) is 0 Å². The maximum Gasteiger partial charge on any atom is 0.310 e. The number of likely N-dealkylation sites (N-methyl/N-ethyl adjacent to an activating group) is 1. The molecule has 1 aromatic carbocycles. The summed E-state index contributed by atoms with van der Waals surface area (Å²) < 4.78 is 5.06. The van der Waals surface area contributed by atoms with Crippen LogP contribution in [0.15, 0.2) is 24.3 Å². The molecule has 0 aromatic heterocycles. The molecular weight excluding hydrogens is 418 g/mol. The van der Waals surface area contributed by atoms with Crippen LogP contribution in [-0.4, -0.2) is 78.3 Å². The first-order chi connectivity index (χ1) is 14.8. The largest absolute Gasteiger partial charge is 0.466 e. The van der Waals surface area contributed by atoms with Gasteiger partial charge in [-0.15, -0.1) is 11.8 Å². The highest BCUT2D eigenvalue weighted by Crippen LogP contribution is 2.18. The van der Waals surface area contributed by atoms with Gasteiger partial charge in [0.2, 0.25) is 17.7 Å². The second-order valence-corrected chi connectivity index (χ2v) is 8.58. The van der Waals surface area contributed by atoms with Gasteiger partial charge in [0.15, 0.2) is 0 Å². The van der Waals surface area contributed by atoms with Crippen molar-refractivity contribution in [2.75, 3.05) is 50.1 Å². The zero-order valence-corrected chi connectivity index (χ0v) is 19.2. The smallest absolute Gasteiger partial charge is 0.310 e. The lowest BCUT2D eigenvalue weighted by Gasteiger charge is -2.32. The van der Waals surface area contributed by atoms with Gasteiger partial charge in [-0.25, -0.2) is 0 Å². The normalized spacial score (nSPS) is 15.8. The van der Waals surface area contributed by atoms with Crippen LogP contribution < -0.4 is 5.32 Å². The Hall–Kier alpha value is -2.55. The van der Waals surface area contributed by atoms with Crippen molar-refractivity contribution in [2.45, 2.75) is 26.7 Å². The van der Waals surface area contributed by atoms with Crippen molar-refractivity contribution in [1.82, 2.24) is 9.80 Å². The number of amides is 3. The highest BCUT2D eigenvalue weighted by atomic mass is 32.2. The summed E-state index contributed by atoms with van der Waals surface area (Å²) in [4.78, 5) is 51.9. The predicted octanol–water partition coefficient (Wildman–Crippen LogP) is 1.93. The van der Waals surface area contributed by atoms with E-state index < -0.39 is 0 Å². The van der Waals surface area contributed by atoms with Gasteiger partial charge in [0.25, 0.3) is 0 Å². The Labute approximate surface area is 187 Å². The fraction of sp³-hybridized carbons (Fsp3) is 0.545. The molecule has 0 radical (unpaired) electrons. The molecule has 1 unspecified atom stereocenters. The van der Waals surface area contributed by atoms with Gasteiger partial charge < -0.3 is 19.9 Å². The van der Waals surface area contributed by atoms with Crippen molar-refractivity contribution in [2.24, 2.45) is 5.92 Å². The number of likely N-dealkylation sites (tertiary alicyclic amines) is 1. The monoisotopic (exact) mass is 449 g/mol. The Bertz CT molecular complexity index is 801. The van der Waals surface area contributed by atoms with E-state index in [1.165, 1.54) is 16.7 Å². The molecule has 1 atom stereocenters. The zero-order chi connectivity index (χ0) is 22.8. The second kappa shape index (κ2) is 12.3. The summed E-state index contributed by atoms with van der Waals surface area (Å²) in [7, 11) is 1.57. The maximum absolute atomic E-state index is 12.6. The molecule has 0 spiro atoms. The Morgan fingerprint density at radius 1 is 1.26 bits per heavy atom. The topological polar surface area (TPSA) is 96.0 Å². The first-order valence-electron chi connectivity index (χ1n) is 10.4. The standard InChI is InChI=1S/C22H31N3O5S/c1-4-30-22(29)17-8-6-10-25(12-17)20(27)13-24(3)21(28)15-31-14-19(26)23-18-9-5-7-16(2)11-18/h5,7,9,11,17H,4,6,8,10,12-15H2,1-3H3,(H,23,26). The van der Waals surface area contributed by atoms with Crippen molar-refractivity contribution in [3.63, 3.8) is 0 Å². The Kier molecular flexibility index (Phi) is 9.84. The Balaban J connectivity index is 1.71. The number of benzene rings is 1. The third kappa shape index (κ3) is 8.24. The summed E-state index contributed by atoms with van der Waals surface area (Å²) in [5, 5.41) is 2.80. The molecule has 1 saturated heterocycles. The minimum Gasteiger partial charge on any atom is -0.466 e. The van der Waals surface area contributed by atoms with Crippen LogP contribution in [0.5, 0.6) is 0 Å². The van der Waals surface area contributed by atoms with Crippen LogP contribution in [0.4, 0.5) is 5.69 Å². The number of thioether (sulfide) groups is 1. The SMILES string of the molecule is CCOC(=O)C1CCCN(C(=O)CN(C)C(=O)CSCC(=O)Nc2cccc(C)c2)C1. The van der Waals surface area contributed by atoms with E-state index in [0.717, 1.165) is 17.7 Å². The summed E-state index contributed by atoms with van der Waals surface area (Å²) >= 11 is 1.20. The van der Waals surface area contributed by atoms with Gasteiger partial charge in [-0.1, -0.05) is 12.1 Å². The zero-order valence-electron chi connectivity index (χ0n) is 18.4. The number of anilines is 1. The van der Waals surface area contributed by atoms with E-state index in [9.17, 15) is 19.2 Å². The van der Waals surface area contributed by atoms with Gasteiger partial charge in [-0.05, 0) is 44.4 Å². The molecule has 1 fully saturated rings. The molecule has 0 bridgehead atoms. The molecule has 3 amide bonds. The predicted molar refractivity (Wildman–Crippen MR) is 121 cm³/mol. The van der Waals surface area contributed by atoms with Crippen molar-refractivity contribution < 1.29 is 23.9 Å². The average Bonchev–Trinajstić information content (AvgIpc) is 2.73. The number of carbonyl (C=O) groups excluding carboxylic acids is 4. The third-order valence-corrected chi connectivity index (χ3v) is 5.87. The summed E-state index contributed by atoms with van der Waals surface area (Å²) in [5.74, 6) is -0.912. The number of nitrogens with one attached hydrogen (secondary N) is 1. The fourth-order valence-electron chi connectivity index (χ4n) is 3.31. The first kappa shape index (κ1) is 24.7. The van der Waals surface area contributed by atoms with Crippen molar-refractivity contribution >= 4 is 41.1 Å². The van der Waals surface area contributed by atoms with Crippen molar-refractivity contribution in [3.05, 3.63) is 29.8 Å². The van der Waals surface area contributed by atoms with Crippen LogP contribution in [0.3, 0.4) is 0 Å². The Morgan fingerprint density at radius 2 is 2.03 bits per heavy atom. The number of hydrogen-bond acceptors (Lipinski definition) is 6. The van der Waals surface area contributed by atoms with E-state index in [4.69, 9.17) is 4.74 Å². The number of nitrogens with zero attached hydrogens (tertiary/aromatic N) is 2. The molecule has 1 N–H and O–H groups in total. The van der Waals surface area contributed by atoms with Crippen LogP contribution in [0.1, 0.15) is 25.3 Å². The summed E-state index contributed by atoms with van der Waals surface area (Å²) in [6.07, 6.45) is 1.44. The van der Waals surface area contributed by atoms with Crippen LogP contribution in [0, 0.1) is 12.8 Å². The number of carbonyl (C=O) groups is 4. The number of piperidine rings is 1. The number of ether oxygens (including phenoxy) is 1. The molecule has 8 nitrogen and oxygen atoms in total. The van der Waals surface area contributed by atoms with E-state index in [1.54, 1.807) is 18.9 Å². The molecule has 2 rings (SSSR count). The van der Waals surface area contributed by atoms with E-state index in [1.807, 2.05) is 31.2 Å². The van der Waals surface area contributed by atoms with Gasteiger partial charge >= 0.3 is 5.97 Å². The van der Waals surface area contributed by atoms with Gasteiger partial charge in [0, 0.05) is 25.8 Å². The van der Waals surface area contributed by atoms with Crippen LogP contribution >= 0.6 is 11.8 Å². The minimum absolute atomic E-state index is 0.0512. The lowest BCUT2D eigenvalue weighted by atomic mass is 9.98. The molecule has 1 heterocycles. The first-order valence-corrected chi connectivity index (χ1v) is 11.6. The molecule has 1 aliphatic heterocycles. The number of aryl methyl sites for hydroxylation is 1. The molecule has 31 heavy (non-hydrogen) atoms. The minimum atomic E-state index is -0.305. The highest BCUT2D eigenvalue weighted by Gasteiger charge is 2.30. The molecule has 1 aromatic rings. The van der Waals surface area contributed by atoms with Gasteiger partial charge in [-0.2, -0.15) is 0 Å². The summed E-state index contributed by atoms with van der Waals surface area (Å²) in [6, 6.07) is 7.50. The number of rotatable bonds is 9. The van der Waals surface area contributed by atoms with Crippen LogP contribution in [-0.2, 0) is 23.9 Å². The lowest BCUT2D eigenvalue weighted by molar-refractivity contribution is -0.152. The quantitative estimate of drug-likeness (QED) is 0.579. The fourth-order valence-corrected chi connectivity index (χ4v) is 4.06. The number of hydrogen-bond donors (Lipinski definition) is 1. The van der Waals surface area contributed by atoms with E-state index in [-0.39, 0.29) is 47.7 Å². The molecule has 1 aliphatic rings. The van der Waals surface area contributed by atoms with Crippen LogP contribution in [0.25, 0.3) is 0 Å². The molecule has 170 valence electrons. The third-order valence-electron chi connectivity index (χ3n) is 4.95. The summed E-state index contributed by atoms with van der Waals surface area (Å²) in [6.45, 7) is 4.87. The molecular formula is C22H31N3O5S. The van der Waals surface area contributed by atoms with Gasteiger partial charge in [0.05, 0.1) is 30.6 Å². The molecule has 9 heteroatoms. The molecule has 0 saturated carbocycles. The molecule has 0 aliphatic carbocycles. The van der Waals surface area contributed by atoms with Crippen molar-refractivity contribution in [1.29, 1.82) is 0 Å². The summed E-state index contributed by atoms with van der Waals surface area (Å²) in [5.41, 5.74) is 1.77. The lowest BCUT2D eigenvalue weighted by Crippen LogP contribution is -2.47. The Morgan fingerprint density at radius 3 is 2.74 bits per heavy atom. The maximum atomic E-state index is 12.6.